The Balaban J connectivity index is 1.02. The second-order valence-corrected chi connectivity index (χ2v) is 16.4. The van der Waals surface area contributed by atoms with Gasteiger partial charge in [0.25, 0.3) is 0 Å². The minimum absolute atomic E-state index is 0.283. The van der Waals surface area contributed by atoms with Crippen LogP contribution in [0.2, 0.25) is 0 Å². The average Bonchev–Trinajstić information content (AvgIpc) is 3.35. The van der Waals surface area contributed by atoms with E-state index in [1.54, 1.807) is 0 Å². The molecular weight excluding hydrogens is 763 g/mol. The molecule has 8 aromatic rings. The molecule has 1 aliphatic carbocycles. The molecule has 0 fully saturated rings. The maximum atomic E-state index is 5.19. The van der Waals surface area contributed by atoms with Gasteiger partial charge in [0.2, 0.25) is 0 Å². The summed E-state index contributed by atoms with van der Waals surface area (Å²) >= 11 is 0. The largest absolute Gasteiger partial charge is 0.248 e. The molecule has 63 heavy (non-hydrogen) atoms. The molecule has 0 radical (unpaired) electrons. The van der Waals surface area contributed by atoms with Crippen LogP contribution in [0.5, 0.6) is 0 Å². The molecule has 1 atom stereocenters. The van der Waals surface area contributed by atoms with Crippen LogP contribution in [0.4, 0.5) is 0 Å². The van der Waals surface area contributed by atoms with Crippen molar-refractivity contribution in [2.75, 3.05) is 0 Å². The van der Waals surface area contributed by atoms with Gasteiger partial charge >= 0.3 is 0 Å². The van der Waals surface area contributed by atoms with Gasteiger partial charge in [-0.1, -0.05) is 189 Å². The number of nitrogens with zero attached hydrogens (tertiary/aromatic N) is 3. The molecule has 0 aliphatic heterocycles. The van der Waals surface area contributed by atoms with E-state index in [0.717, 1.165) is 76.2 Å². The molecule has 1 unspecified atom stereocenters. The Morgan fingerprint density at radius 2 is 1.22 bits per heavy atom. The van der Waals surface area contributed by atoms with Crippen molar-refractivity contribution in [2.24, 2.45) is 4.99 Å². The van der Waals surface area contributed by atoms with Crippen molar-refractivity contribution in [2.45, 2.75) is 44.9 Å². The number of allylic oxidation sites excluding steroid dienone is 7. The molecule has 1 heterocycles. The van der Waals surface area contributed by atoms with Gasteiger partial charge in [-0.15, -0.1) is 6.58 Å². The van der Waals surface area contributed by atoms with Crippen molar-refractivity contribution in [3.63, 3.8) is 0 Å². The molecule has 7 aromatic carbocycles. The van der Waals surface area contributed by atoms with Gasteiger partial charge in [-0.3, -0.25) is 0 Å². The summed E-state index contributed by atoms with van der Waals surface area (Å²) in [5, 5.41) is 4.85. The fourth-order valence-electron chi connectivity index (χ4n) is 8.87. The monoisotopic (exact) mass is 813 g/mol. The Morgan fingerprint density at radius 3 is 1.89 bits per heavy atom. The Hall–Kier alpha value is -7.49. The molecule has 0 saturated heterocycles. The standard InChI is InChI=1S/C60H51N3/c1-5-37-60(6-2,54-33-29-44(30-34-54)43(4)61-56(47-19-9-7-10-20-47)38-42(3)50-27-25-45-17-13-15-23-51(45)39-50)55-35-31-49(32-36-55)59-62-57(48-21-11-8-12-22-48)41-58(63-59)53-28-26-46-18-14-16-24-52(46)40-53/h5,7,9-11,13-36,38-41H,1,4,6,8,12,37H2,2-3H3/b42-38+,61-56+. The van der Waals surface area contributed by atoms with Crippen LogP contribution in [-0.4, -0.2) is 15.7 Å². The van der Waals surface area contributed by atoms with Gasteiger partial charge in [-0.05, 0) is 112 Å². The zero-order valence-electron chi connectivity index (χ0n) is 36.1. The van der Waals surface area contributed by atoms with Crippen LogP contribution in [0, 0.1) is 0 Å². The van der Waals surface area contributed by atoms with Gasteiger partial charge in [0, 0.05) is 22.1 Å². The zero-order valence-corrected chi connectivity index (χ0v) is 36.1. The second kappa shape index (κ2) is 18.2. The Morgan fingerprint density at radius 1 is 0.619 bits per heavy atom. The molecule has 1 aromatic heterocycles. The fourth-order valence-corrected chi connectivity index (χ4v) is 8.87. The smallest absolute Gasteiger partial charge is 0.160 e. The molecule has 1 aliphatic rings. The maximum absolute atomic E-state index is 5.19. The summed E-state index contributed by atoms with van der Waals surface area (Å²) in [6, 6.07) is 60.3. The summed E-state index contributed by atoms with van der Waals surface area (Å²) in [6.07, 6.45) is 14.7. The van der Waals surface area contributed by atoms with Crippen LogP contribution >= 0.6 is 0 Å². The highest BCUT2D eigenvalue weighted by molar-refractivity contribution is 6.14. The number of benzene rings is 7. The lowest BCUT2D eigenvalue weighted by Crippen LogP contribution is -2.26. The highest BCUT2D eigenvalue weighted by atomic mass is 14.9. The third-order valence-electron chi connectivity index (χ3n) is 12.5. The zero-order chi connectivity index (χ0) is 43.2. The summed E-state index contributed by atoms with van der Waals surface area (Å²) in [6.45, 7) is 13.1. The highest BCUT2D eigenvalue weighted by Crippen LogP contribution is 2.41. The molecule has 0 amide bonds. The fraction of sp³-hybridized carbons (Fsp3) is 0.117. The minimum atomic E-state index is -0.283. The molecule has 0 spiro atoms. The lowest BCUT2D eigenvalue weighted by molar-refractivity contribution is 0.502. The van der Waals surface area contributed by atoms with Crippen molar-refractivity contribution < 1.29 is 0 Å². The first kappa shape index (κ1) is 40.9. The summed E-state index contributed by atoms with van der Waals surface area (Å²) < 4.78 is 0. The third kappa shape index (κ3) is 8.69. The van der Waals surface area contributed by atoms with Crippen LogP contribution in [0.1, 0.15) is 73.0 Å². The van der Waals surface area contributed by atoms with E-state index in [2.05, 4.69) is 215 Å². The van der Waals surface area contributed by atoms with E-state index < -0.39 is 0 Å². The third-order valence-corrected chi connectivity index (χ3v) is 12.5. The van der Waals surface area contributed by atoms with E-state index in [-0.39, 0.29) is 5.41 Å². The average molecular weight is 814 g/mol. The molecule has 0 N–H and O–H groups in total. The SMILES string of the molecule is C=CCC(CC)(c1ccc(C(=C)/N=C(\C=C(/C)c2ccc3ccccc3c2)c2ccccc2)cc1)c1ccc(-c2nc(C3=CCCC=C3)cc(-c3ccc4ccccc4c3)n2)cc1. The lowest BCUT2D eigenvalue weighted by Gasteiger charge is -2.33. The quantitative estimate of drug-likeness (QED) is 0.0859. The molecule has 0 saturated carbocycles. The summed E-state index contributed by atoms with van der Waals surface area (Å²) in [5.41, 5.74) is 13.1. The predicted octanol–water partition coefficient (Wildman–Crippen LogP) is 15.7. The van der Waals surface area contributed by atoms with Crippen LogP contribution in [0.25, 0.3) is 61.0 Å². The molecular formula is C60H51N3. The predicted molar refractivity (Wildman–Crippen MR) is 269 cm³/mol. The first-order valence-electron chi connectivity index (χ1n) is 22.0. The molecule has 0 bridgehead atoms. The second-order valence-electron chi connectivity index (χ2n) is 16.4. The van der Waals surface area contributed by atoms with Crippen molar-refractivity contribution in [1.29, 1.82) is 0 Å². The maximum Gasteiger partial charge on any atom is 0.160 e. The van der Waals surface area contributed by atoms with Gasteiger partial charge in [-0.25, -0.2) is 15.0 Å². The van der Waals surface area contributed by atoms with E-state index >= 15 is 0 Å². The van der Waals surface area contributed by atoms with Crippen LogP contribution in [0.3, 0.4) is 0 Å². The minimum Gasteiger partial charge on any atom is -0.248 e. The highest BCUT2D eigenvalue weighted by Gasteiger charge is 2.31. The topological polar surface area (TPSA) is 38.1 Å². The molecule has 306 valence electrons. The first-order chi connectivity index (χ1) is 30.9. The number of fused-ring (bicyclic) bond motifs is 2. The van der Waals surface area contributed by atoms with Crippen molar-refractivity contribution in [1.82, 2.24) is 9.97 Å². The van der Waals surface area contributed by atoms with E-state index in [0.29, 0.717) is 11.5 Å². The normalized spacial score (nSPS) is 14.0. The molecule has 3 heteroatoms. The number of rotatable bonds is 13. The van der Waals surface area contributed by atoms with E-state index in [4.69, 9.17) is 15.0 Å². The van der Waals surface area contributed by atoms with Crippen molar-refractivity contribution >= 4 is 44.1 Å². The van der Waals surface area contributed by atoms with Gasteiger partial charge in [0.05, 0.1) is 22.8 Å². The number of hydrogen-bond donors (Lipinski definition) is 0. The first-order valence-corrected chi connectivity index (χ1v) is 22.0. The van der Waals surface area contributed by atoms with E-state index in [1.165, 1.54) is 38.2 Å². The summed E-state index contributed by atoms with van der Waals surface area (Å²) in [5.74, 6) is 0.716. The van der Waals surface area contributed by atoms with E-state index in [1.807, 2.05) is 12.1 Å². The summed E-state index contributed by atoms with van der Waals surface area (Å²) in [4.78, 5) is 15.5. The Labute approximate surface area is 372 Å². The Kier molecular flexibility index (Phi) is 11.8. The number of aliphatic imine (C=N–C) groups is 1. The van der Waals surface area contributed by atoms with Gasteiger partial charge in [0.1, 0.15) is 0 Å². The van der Waals surface area contributed by atoms with E-state index in [9.17, 15) is 0 Å². The lowest BCUT2D eigenvalue weighted by atomic mass is 9.70. The van der Waals surface area contributed by atoms with Gasteiger partial charge in [0.15, 0.2) is 5.82 Å². The van der Waals surface area contributed by atoms with Crippen molar-refractivity contribution in [3.05, 3.63) is 247 Å². The summed E-state index contributed by atoms with van der Waals surface area (Å²) in [7, 11) is 0. The van der Waals surface area contributed by atoms with Gasteiger partial charge < -0.3 is 0 Å². The van der Waals surface area contributed by atoms with Crippen molar-refractivity contribution in [3.8, 4) is 22.6 Å². The number of hydrogen-bond acceptors (Lipinski definition) is 3. The van der Waals surface area contributed by atoms with Crippen LogP contribution < -0.4 is 0 Å². The molecule has 3 nitrogen and oxygen atoms in total. The van der Waals surface area contributed by atoms with Crippen LogP contribution in [0.15, 0.2) is 218 Å². The van der Waals surface area contributed by atoms with Gasteiger partial charge in [-0.2, -0.15) is 0 Å². The molecule has 9 rings (SSSR count). The van der Waals surface area contributed by atoms with Crippen LogP contribution in [-0.2, 0) is 5.41 Å². The number of aromatic nitrogens is 2. The Bertz CT molecular complexity index is 3090.